The summed E-state index contributed by atoms with van der Waals surface area (Å²) in [7, 11) is 0. The van der Waals surface area contributed by atoms with Crippen molar-refractivity contribution in [3.63, 3.8) is 0 Å². The van der Waals surface area contributed by atoms with Gasteiger partial charge >= 0.3 is 5.97 Å². The minimum absolute atomic E-state index is 0.0782. The number of benzene rings is 1. The summed E-state index contributed by atoms with van der Waals surface area (Å²) in [6, 6.07) is 6.64. The molecule has 1 aromatic rings. The minimum Gasteiger partial charge on any atom is -0.456 e. The number of fused-ring (bicyclic) bond motifs is 1. The van der Waals surface area contributed by atoms with Crippen LogP contribution in [0.1, 0.15) is 68.2 Å². The molecule has 1 N–H and O–H groups in total. The zero-order chi connectivity index (χ0) is 20.2. The van der Waals surface area contributed by atoms with E-state index < -0.39 is 11.6 Å². The highest BCUT2D eigenvalue weighted by Gasteiger charge is 2.33. The number of carbonyl (C=O) groups excluding carboxylic acids is 3. The molecule has 144 valence electrons. The lowest BCUT2D eigenvalue weighted by Crippen LogP contribution is -2.30. The number of ether oxygens (including phenoxy) is 1. The highest BCUT2D eigenvalue weighted by molar-refractivity contribution is 6.28. The molecule has 1 aromatic carbocycles. The molecule has 1 aliphatic carbocycles. The van der Waals surface area contributed by atoms with Crippen LogP contribution in [0.3, 0.4) is 0 Å². The Morgan fingerprint density at radius 2 is 1.74 bits per heavy atom. The second-order valence-electron chi connectivity index (χ2n) is 7.58. The quantitative estimate of drug-likeness (QED) is 0.466. The summed E-state index contributed by atoms with van der Waals surface area (Å²) < 4.78 is 5.51. The highest BCUT2D eigenvalue weighted by Crippen LogP contribution is 2.28. The average Bonchev–Trinajstić information content (AvgIpc) is 2.58. The van der Waals surface area contributed by atoms with Crippen LogP contribution in [0.25, 0.3) is 0 Å². The molecule has 0 saturated carbocycles. The zero-order valence-electron chi connectivity index (χ0n) is 16.6. The van der Waals surface area contributed by atoms with Gasteiger partial charge in [0.05, 0.1) is 5.57 Å². The molecule has 0 amide bonds. The van der Waals surface area contributed by atoms with Crippen LogP contribution in [0.2, 0.25) is 0 Å². The summed E-state index contributed by atoms with van der Waals surface area (Å²) in [6.45, 7) is 9.76. The molecule has 5 heteroatoms. The molecule has 5 nitrogen and oxygen atoms in total. The van der Waals surface area contributed by atoms with Gasteiger partial charge in [0.2, 0.25) is 0 Å². The highest BCUT2D eigenvalue weighted by atomic mass is 16.6. The molecule has 0 fully saturated rings. The van der Waals surface area contributed by atoms with Gasteiger partial charge in [-0.2, -0.15) is 0 Å². The van der Waals surface area contributed by atoms with Gasteiger partial charge in [-0.25, -0.2) is 4.79 Å². The fraction of sp³-hybridized carbons (Fsp3) is 0.409. The van der Waals surface area contributed by atoms with Crippen molar-refractivity contribution in [1.29, 1.82) is 0 Å². The number of esters is 1. The Bertz CT molecular complexity index is 825. The van der Waals surface area contributed by atoms with Crippen molar-refractivity contribution >= 4 is 17.5 Å². The molecule has 0 spiro atoms. The van der Waals surface area contributed by atoms with Crippen LogP contribution < -0.4 is 5.32 Å². The van der Waals surface area contributed by atoms with Crippen molar-refractivity contribution in [2.24, 2.45) is 0 Å². The van der Waals surface area contributed by atoms with Crippen molar-refractivity contribution in [3.05, 3.63) is 58.3 Å². The van der Waals surface area contributed by atoms with Gasteiger partial charge in [0.1, 0.15) is 5.60 Å². The number of hydrogen-bond donors (Lipinski definition) is 1. The summed E-state index contributed by atoms with van der Waals surface area (Å²) in [5.74, 6) is -1.25. The Labute approximate surface area is 160 Å². The molecule has 0 atom stereocenters. The number of rotatable bonds is 6. The summed E-state index contributed by atoms with van der Waals surface area (Å²) in [5, 5.41) is 3.18. The second-order valence-corrected chi connectivity index (χ2v) is 7.58. The van der Waals surface area contributed by atoms with Crippen LogP contribution in [0.15, 0.2) is 47.2 Å². The molecule has 0 radical (unpaired) electrons. The number of ketones is 2. The third-order valence-corrected chi connectivity index (χ3v) is 4.13. The smallest absolute Gasteiger partial charge is 0.341 e. The van der Waals surface area contributed by atoms with Crippen LogP contribution in [-0.2, 0) is 9.53 Å². The molecule has 1 aliphatic rings. The summed E-state index contributed by atoms with van der Waals surface area (Å²) >= 11 is 0. The van der Waals surface area contributed by atoms with Gasteiger partial charge in [0, 0.05) is 28.9 Å². The molecule has 27 heavy (non-hydrogen) atoms. The minimum atomic E-state index is -0.716. The van der Waals surface area contributed by atoms with Crippen molar-refractivity contribution in [3.8, 4) is 0 Å². The van der Waals surface area contributed by atoms with E-state index in [0.717, 1.165) is 12.8 Å². The average molecular weight is 369 g/mol. The molecule has 0 unspecified atom stereocenters. The van der Waals surface area contributed by atoms with E-state index in [0.29, 0.717) is 23.4 Å². The van der Waals surface area contributed by atoms with Crippen LogP contribution in [-0.4, -0.2) is 29.7 Å². The van der Waals surface area contributed by atoms with E-state index in [1.807, 2.05) is 0 Å². The third-order valence-electron chi connectivity index (χ3n) is 4.13. The molecule has 0 aromatic heterocycles. The van der Waals surface area contributed by atoms with Crippen molar-refractivity contribution < 1.29 is 19.1 Å². The van der Waals surface area contributed by atoms with E-state index in [-0.39, 0.29) is 22.7 Å². The van der Waals surface area contributed by atoms with E-state index in [4.69, 9.17) is 4.74 Å². The van der Waals surface area contributed by atoms with E-state index in [2.05, 4.69) is 12.2 Å². The normalized spacial score (nSPS) is 14.9. The molecular formula is C22H27NO4. The molecule has 0 saturated heterocycles. The number of allylic oxidation sites excluding steroid dienone is 2. The number of Topliss-reactive ketones (excluding diaryl/α,β-unsaturated/α-hetero) is 1. The maximum atomic E-state index is 13.0. The number of nitrogens with one attached hydrogen (secondary N) is 1. The Hall–Kier alpha value is -2.69. The van der Waals surface area contributed by atoms with E-state index in [1.165, 1.54) is 6.08 Å². The molecule has 0 aliphatic heterocycles. The van der Waals surface area contributed by atoms with E-state index in [1.54, 1.807) is 52.0 Å². The summed E-state index contributed by atoms with van der Waals surface area (Å²) in [5.41, 5.74) is 0.674. The first-order chi connectivity index (χ1) is 12.7. The van der Waals surface area contributed by atoms with E-state index in [9.17, 15) is 14.4 Å². The monoisotopic (exact) mass is 369 g/mol. The first-order valence-electron chi connectivity index (χ1n) is 9.24. The molecular weight excluding hydrogens is 342 g/mol. The first kappa shape index (κ1) is 20.6. The lowest BCUT2D eigenvalue weighted by atomic mass is 9.85. The van der Waals surface area contributed by atoms with Crippen molar-refractivity contribution in [2.75, 3.05) is 6.54 Å². The van der Waals surface area contributed by atoms with Crippen LogP contribution in [0.4, 0.5) is 0 Å². The van der Waals surface area contributed by atoms with Gasteiger partial charge in [0.25, 0.3) is 0 Å². The SMILES string of the molecule is CCCCN/C(C)=C(/C(=O)OC(C)(C)C)C1=CC(=O)c2ccccc2C1=O. The third kappa shape index (κ3) is 4.94. The predicted molar refractivity (Wildman–Crippen MR) is 105 cm³/mol. The Kier molecular flexibility index (Phi) is 6.37. The van der Waals surface area contributed by atoms with E-state index >= 15 is 0 Å². The Morgan fingerprint density at radius 3 is 2.33 bits per heavy atom. The molecule has 0 heterocycles. The summed E-state index contributed by atoms with van der Waals surface area (Å²) in [4.78, 5) is 38.4. The first-order valence-corrected chi connectivity index (χ1v) is 9.24. The zero-order valence-corrected chi connectivity index (χ0v) is 16.6. The standard InChI is InChI=1S/C22H27NO4/c1-6-7-12-23-14(2)19(21(26)27-22(3,4)5)17-13-18(24)15-10-8-9-11-16(15)20(17)25/h8-11,13,23H,6-7,12H2,1-5H3/b19-14+. The van der Waals surface area contributed by atoms with Crippen LogP contribution in [0, 0.1) is 0 Å². The van der Waals surface area contributed by atoms with Gasteiger partial charge in [-0.1, -0.05) is 37.6 Å². The van der Waals surface area contributed by atoms with Crippen LogP contribution in [0.5, 0.6) is 0 Å². The van der Waals surface area contributed by atoms with Crippen LogP contribution >= 0.6 is 0 Å². The van der Waals surface area contributed by atoms with Gasteiger partial charge in [-0.3, -0.25) is 9.59 Å². The number of carbonyl (C=O) groups is 3. The maximum absolute atomic E-state index is 13.0. The maximum Gasteiger partial charge on any atom is 0.341 e. The van der Waals surface area contributed by atoms with Gasteiger partial charge in [-0.05, 0) is 40.2 Å². The van der Waals surface area contributed by atoms with Crippen molar-refractivity contribution in [1.82, 2.24) is 5.32 Å². The lowest BCUT2D eigenvalue weighted by Gasteiger charge is -2.24. The summed E-state index contributed by atoms with van der Waals surface area (Å²) in [6.07, 6.45) is 3.16. The second kappa shape index (κ2) is 8.33. The number of unbranched alkanes of at least 4 members (excludes halogenated alkanes) is 1. The Morgan fingerprint density at radius 1 is 1.11 bits per heavy atom. The molecule has 2 rings (SSSR count). The number of hydrogen-bond acceptors (Lipinski definition) is 5. The fourth-order valence-corrected chi connectivity index (χ4v) is 2.84. The molecule has 0 bridgehead atoms. The van der Waals surface area contributed by atoms with Gasteiger partial charge in [0.15, 0.2) is 11.6 Å². The fourth-order valence-electron chi connectivity index (χ4n) is 2.84. The predicted octanol–water partition coefficient (Wildman–Crippen LogP) is 4.00. The Balaban J connectivity index is 2.50. The van der Waals surface area contributed by atoms with Gasteiger partial charge < -0.3 is 10.1 Å². The lowest BCUT2D eigenvalue weighted by molar-refractivity contribution is -0.149. The largest absolute Gasteiger partial charge is 0.456 e. The topological polar surface area (TPSA) is 72.5 Å². The van der Waals surface area contributed by atoms with Gasteiger partial charge in [-0.15, -0.1) is 0 Å². The van der Waals surface area contributed by atoms with Crippen molar-refractivity contribution in [2.45, 2.75) is 53.1 Å².